The molecule has 1 fully saturated rings. The van der Waals surface area contributed by atoms with Crippen LogP contribution in [0.4, 0.5) is 0 Å². The summed E-state index contributed by atoms with van der Waals surface area (Å²) in [6.07, 6.45) is 11.1. The Balaban J connectivity index is 1.59. The Morgan fingerprint density at radius 1 is 1.00 bits per heavy atom. The quantitative estimate of drug-likeness (QED) is 0.126. The van der Waals surface area contributed by atoms with Crippen molar-refractivity contribution in [2.75, 3.05) is 20.3 Å². The fraction of sp³-hybridized carbons (Fsp3) is 0.375. The lowest BCUT2D eigenvalue weighted by atomic mass is 9.85. The molecule has 3 aromatic heterocycles. The minimum absolute atomic E-state index is 0.0741. The summed E-state index contributed by atoms with van der Waals surface area (Å²) in [5.41, 5.74) is 11.6. The zero-order valence-electron chi connectivity index (χ0n) is 29.8. The smallest absolute Gasteiger partial charge is 0.321 e. The lowest BCUT2D eigenvalue weighted by Gasteiger charge is -2.19. The maximum Gasteiger partial charge on any atom is 0.321 e. The number of aromatic amines is 3. The Labute approximate surface area is 291 Å². The fourth-order valence-corrected chi connectivity index (χ4v) is 7.69. The summed E-state index contributed by atoms with van der Waals surface area (Å²) in [5, 5.41) is 14.8. The molecule has 5 N–H and O–H groups in total. The second-order valence-electron chi connectivity index (χ2n) is 13.5. The number of Topliss-reactive ketones (excluding diaryl/α,β-unsaturated/α-hetero) is 1. The van der Waals surface area contributed by atoms with Crippen molar-refractivity contribution in [1.82, 2.24) is 20.3 Å². The van der Waals surface area contributed by atoms with Gasteiger partial charge in [-0.1, -0.05) is 26.5 Å². The number of fused-ring (bicyclic) bond motifs is 7. The van der Waals surface area contributed by atoms with Gasteiger partial charge in [0.05, 0.1) is 19.4 Å². The molecule has 0 amide bonds. The van der Waals surface area contributed by atoms with Crippen molar-refractivity contribution in [2.45, 2.75) is 60.8 Å². The van der Waals surface area contributed by atoms with Gasteiger partial charge in [0.25, 0.3) is 0 Å². The van der Waals surface area contributed by atoms with E-state index in [1.807, 2.05) is 19.1 Å². The molecule has 3 atom stereocenters. The molecule has 1 aliphatic carbocycles. The van der Waals surface area contributed by atoms with Gasteiger partial charge in [0.1, 0.15) is 12.5 Å². The van der Waals surface area contributed by atoms with E-state index in [1.165, 1.54) is 12.7 Å². The topological polar surface area (TPSA) is 149 Å². The first-order chi connectivity index (χ1) is 23.9. The lowest BCUT2D eigenvalue weighted by Crippen LogP contribution is -2.25. The number of aromatic nitrogens is 3. The number of H-pyrrole nitrogens is 3. The zero-order chi connectivity index (χ0) is 36.0. The van der Waals surface area contributed by atoms with Gasteiger partial charge in [0, 0.05) is 74.1 Å². The fourth-order valence-electron chi connectivity index (χ4n) is 7.69. The van der Waals surface area contributed by atoms with E-state index in [4.69, 9.17) is 9.47 Å². The number of carbonyl (C=O) groups excluding carboxylic acids is 3. The Kier molecular flexibility index (Phi) is 9.50. The average Bonchev–Trinajstić information content (AvgIpc) is 3.84. The lowest BCUT2D eigenvalue weighted by molar-refractivity contribution is -0.143. The summed E-state index contributed by atoms with van der Waals surface area (Å²) in [4.78, 5) is 51.3. The number of aliphatic hydroxyl groups is 1. The molecule has 262 valence electrons. The molecule has 10 nitrogen and oxygen atoms in total. The van der Waals surface area contributed by atoms with Crippen LogP contribution in [-0.2, 0) is 25.5 Å². The van der Waals surface area contributed by atoms with Crippen LogP contribution in [0.2, 0.25) is 0 Å². The standard InChI is InChI=1S/C40H46N4O6/c1-9-24-20(4)27-15-29-22(6)26(11-12-33(46)50-14-13-19(3)18-45)37(43-29)35-36(40(48)49-8)39(47)34-23(7)30(44-38(34)35)17-32-25(10-2)21(5)28(42-32)16-31(24)41-27/h9,13,15-17,22,26,36,41-45H,1,10-12,14,18H2,2-8H3/b19-13+,28-16-,29-15-,32-17-,37-35-/t22-,26-,36+/m0/s1. The second-order valence-corrected chi connectivity index (χ2v) is 13.5. The van der Waals surface area contributed by atoms with Crippen molar-refractivity contribution in [2.24, 2.45) is 17.8 Å². The highest BCUT2D eigenvalue weighted by Crippen LogP contribution is 2.48. The SMILES string of the molecule is C=Cc1c2[nH]c(c1C)/C=C1\N/C(=C3\c4[nH]c(c(C)c4C(=O)[C@@H]3C(=O)OC)/C=c3\[nH]/c(c(C)c3CC)=C\2)[C@@H](CCC(=O)OC/C=C(\C)CO)[C@@H]1C. The number of methoxy groups -OCH3 is 1. The van der Waals surface area contributed by atoms with Crippen LogP contribution in [-0.4, -0.2) is 58.1 Å². The minimum atomic E-state index is -1.16. The molecule has 0 aromatic carbocycles. The molecule has 50 heavy (non-hydrogen) atoms. The van der Waals surface area contributed by atoms with E-state index >= 15 is 0 Å². The molecule has 8 bridgehead atoms. The van der Waals surface area contributed by atoms with Gasteiger partial charge in [-0.15, -0.1) is 0 Å². The number of carbonyl (C=O) groups is 3. The molecule has 1 saturated heterocycles. The summed E-state index contributed by atoms with van der Waals surface area (Å²) in [6, 6.07) is 0. The van der Waals surface area contributed by atoms with Crippen molar-refractivity contribution >= 4 is 47.6 Å². The van der Waals surface area contributed by atoms with Crippen molar-refractivity contribution in [1.29, 1.82) is 0 Å². The minimum Gasteiger partial charge on any atom is -0.468 e. The van der Waals surface area contributed by atoms with Crippen molar-refractivity contribution in [3.63, 3.8) is 0 Å². The van der Waals surface area contributed by atoms with Crippen LogP contribution >= 0.6 is 0 Å². The van der Waals surface area contributed by atoms with Crippen LogP contribution in [0.15, 0.2) is 29.6 Å². The van der Waals surface area contributed by atoms with Crippen LogP contribution in [0, 0.1) is 38.5 Å². The van der Waals surface area contributed by atoms with Crippen LogP contribution in [0.3, 0.4) is 0 Å². The maximum atomic E-state index is 14.2. The van der Waals surface area contributed by atoms with Gasteiger partial charge in [-0.25, -0.2) is 0 Å². The van der Waals surface area contributed by atoms with Gasteiger partial charge in [-0.05, 0) is 92.7 Å². The number of ketones is 1. The summed E-state index contributed by atoms with van der Waals surface area (Å²) in [6.45, 7) is 16.1. The van der Waals surface area contributed by atoms with Gasteiger partial charge in [0.2, 0.25) is 0 Å². The van der Waals surface area contributed by atoms with E-state index in [0.29, 0.717) is 28.9 Å². The summed E-state index contributed by atoms with van der Waals surface area (Å²) in [7, 11) is 1.29. The van der Waals surface area contributed by atoms with Crippen LogP contribution in [0.1, 0.15) is 94.6 Å². The molecule has 3 aromatic rings. The number of esters is 2. The van der Waals surface area contributed by atoms with Gasteiger partial charge >= 0.3 is 11.9 Å². The number of allylic oxidation sites excluding steroid dienone is 2. The third kappa shape index (κ3) is 5.81. The maximum absolute atomic E-state index is 14.2. The second kappa shape index (κ2) is 13.7. The first-order valence-electron chi connectivity index (χ1n) is 17.2. The van der Waals surface area contributed by atoms with Crippen molar-refractivity contribution in [3.8, 4) is 0 Å². The van der Waals surface area contributed by atoms with E-state index in [2.05, 4.69) is 66.7 Å². The van der Waals surface area contributed by atoms with Gasteiger partial charge < -0.3 is 34.8 Å². The summed E-state index contributed by atoms with van der Waals surface area (Å²) < 4.78 is 10.7. The Hall–Kier alpha value is -5.09. The van der Waals surface area contributed by atoms with E-state index in [0.717, 1.165) is 67.7 Å². The number of rotatable bonds is 9. The molecule has 6 rings (SSSR count). The van der Waals surface area contributed by atoms with Crippen LogP contribution in [0.5, 0.6) is 0 Å². The highest BCUT2D eigenvalue weighted by Gasteiger charge is 2.48. The predicted molar refractivity (Wildman–Crippen MR) is 194 cm³/mol. The molecule has 0 unspecified atom stereocenters. The third-order valence-electron chi connectivity index (χ3n) is 10.7. The predicted octanol–water partition coefficient (Wildman–Crippen LogP) is 4.63. The number of nitrogens with one attached hydrogen (secondary N) is 4. The molecule has 3 aliphatic rings. The highest BCUT2D eigenvalue weighted by molar-refractivity contribution is 6.24. The zero-order valence-corrected chi connectivity index (χ0v) is 29.8. The third-order valence-corrected chi connectivity index (χ3v) is 10.7. The molecular weight excluding hydrogens is 632 g/mol. The number of hydrogen-bond acceptors (Lipinski definition) is 7. The molecule has 0 saturated carbocycles. The van der Waals surface area contributed by atoms with E-state index in [1.54, 1.807) is 13.0 Å². The normalized spacial score (nSPS) is 23.4. The molecule has 0 spiro atoms. The molecule has 2 aliphatic heterocycles. The Bertz CT molecular complexity index is 2150. The Morgan fingerprint density at radius 2 is 1.72 bits per heavy atom. The van der Waals surface area contributed by atoms with E-state index < -0.39 is 11.9 Å². The van der Waals surface area contributed by atoms with E-state index in [9.17, 15) is 19.5 Å². The number of aliphatic hydroxyl groups excluding tert-OH is 1. The summed E-state index contributed by atoms with van der Waals surface area (Å²) >= 11 is 0. The largest absolute Gasteiger partial charge is 0.468 e. The highest BCUT2D eigenvalue weighted by atomic mass is 16.5. The number of ether oxygens (including phenoxy) is 2. The van der Waals surface area contributed by atoms with Crippen molar-refractivity contribution < 1.29 is 29.0 Å². The Morgan fingerprint density at radius 3 is 2.40 bits per heavy atom. The van der Waals surface area contributed by atoms with Crippen molar-refractivity contribution in [3.05, 3.63) is 96.5 Å². The molecule has 10 heteroatoms. The molecular formula is C40H46N4O6. The number of hydrogen-bond donors (Lipinski definition) is 5. The first kappa shape index (κ1) is 34.8. The average molecular weight is 679 g/mol. The van der Waals surface area contributed by atoms with Gasteiger partial charge in [-0.3, -0.25) is 14.4 Å². The first-order valence-corrected chi connectivity index (χ1v) is 17.2. The molecule has 0 radical (unpaired) electrons. The summed E-state index contributed by atoms with van der Waals surface area (Å²) in [5.74, 6) is -2.84. The van der Waals surface area contributed by atoms with Crippen LogP contribution in [0.25, 0.3) is 29.9 Å². The monoisotopic (exact) mass is 678 g/mol. The van der Waals surface area contributed by atoms with Gasteiger partial charge in [-0.2, -0.15) is 0 Å². The van der Waals surface area contributed by atoms with E-state index in [-0.39, 0.29) is 43.2 Å². The van der Waals surface area contributed by atoms with Gasteiger partial charge in [0.15, 0.2) is 5.78 Å². The molecule has 5 heterocycles. The van der Waals surface area contributed by atoms with Crippen LogP contribution < -0.4 is 16.0 Å².